The van der Waals surface area contributed by atoms with Crippen LogP contribution >= 0.6 is 22.6 Å². The molecule has 0 fully saturated rings. The number of rotatable bonds is 4. The summed E-state index contributed by atoms with van der Waals surface area (Å²) in [7, 11) is 0. The van der Waals surface area contributed by atoms with E-state index in [9.17, 15) is 8.78 Å². The van der Waals surface area contributed by atoms with Crippen molar-refractivity contribution in [3.63, 3.8) is 0 Å². The molecule has 0 aliphatic carbocycles. The fraction of sp³-hybridized carbons (Fsp3) is 0.176. The molecule has 0 saturated heterocycles. The maximum absolute atomic E-state index is 13.5. The van der Waals surface area contributed by atoms with E-state index in [1.807, 2.05) is 17.7 Å². The monoisotopic (exact) mass is 481 g/mol. The van der Waals surface area contributed by atoms with Crippen molar-refractivity contribution in [3.8, 4) is 5.69 Å². The van der Waals surface area contributed by atoms with Crippen molar-refractivity contribution in [3.05, 3.63) is 57.8 Å². The number of nitrogen functional groups attached to an aromatic ring is 1. The van der Waals surface area contributed by atoms with E-state index in [0.29, 0.717) is 22.8 Å². The first-order valence-corrected chi connectivity index (χ1v) is 9.21. The minimum Gasteiger partial charge on any atom is -0.383 e. The van der Waals surface area contributed by atoms with Crippen molar-refractivity contribution < 1.29 is 8.78 Å². The Labute approximate surface area is 166 Å². The van der Waals surface area contributed by atoms with Gasteiger partial charge in [-0.3, -0.25) is 0 Å². The predicted molar refractivity (Wildman–Crippen MR) is 104 cm³/mol. The summed E-state index contributed by atoms with van der Waals surface area (Å²) in [6, 6.07) is 3.44. The maximum Gasteiger partial charge on any atom is 0.160 e. The lowest BCUT2D eigenvalue weighted by atomic mass is 10.1. The lowest BCUT2D eigenvalue weighted by Crippen LogP contribution is -2.10. The van der Waals surface area contributed by atoms with Crippen LogP contribution in [0.5, 0.6) is 0 Å². The fourth-order valence-electron chi connectivity index (χ4n) is 3.03. The molecular formula is C17H14F2IN7. The van der Waals surface area contributed by atoms with Crippen LogP contribution in [0.2, 0.25) is 0 Å². The van der Waals surface area contributed by atoms with Crippen molar-refractivity contribution in [2.75, 3.05) is 5.73 Å². The highest BCUT2D eigenvalue weighted by molar-refractivity contribution is 14.1. The van der Waals surface area contributed by atoms with Gasteiger partial charge in [-0.2, -0.15) is 0 Å². The molecule has 0 radical (unpaired) electrons. The van der Waals surface area contributed by atoms with Crippen LogP contribution in [0.1, 0.15) is 25.1 Å². The molecule has 4 rings (SSSR count). The van der Waals surface area contributed by atoms with Crippen LogP contribution in [0.3, 0.4) is 0 Å². The smallest absolute Gasteiger partial charge is 0.160 e. The van der Waals surface area contributed by atoms with E-state index >= 15 is 0 Å². The zero-order valence-corrected chi connectivity index (χ0v) is 16.3. The molecular weight excluding hydrogens is 467 g/mol. The van der Waals surface area contributed by atoms with Gasteiger partial charge in [-0.15, -0.1) is 5.10 Å². The first kappa shape index (κ1) is 17.8. The Morgan fingerprint density at radius 1 is 1.19 bits per heavy atom. The number of hydrogen-bond acceptors (Lipinski definition) is 5. The van der Waals surface area contributed by atoms with Gasteiger partial charge >= 0.3 is 0 Å². The quantitative estimate of drug-likeness (QED) is 0.452. The third-order valence-electron chi connectivity index (χ3n) is 4.34. The van der Waals surface area contributed by atoms with E-state index in [1.165, 1.54) is 17.1 Å². The molecule has 0 amide bonds. The second-order valence-corrected chi connectivity index (χ2v) is 7.11. The van der Waals surface area contributed by atoms with Crippen molar-refractivity contribution in [2.24, 2.45) is 0 Å². The van der Waals surface area contributed by atoms with E-state index in [4.69, 9.17) is 5.73 Å². The van der Waals surface area contributed by atoms with Crippen molar-refractivity contribution in [1.29, 1.82) is 0 Å². The van der Waals surface area contributed by atoms with Gasteiger partial charge in [0.1, 0.15) is 23.5 Å². The number of halogens is 3. The van der Waals surface area contributed by atoms with Gasteiger partial charge in [-0.1, -0.05) is 12.1 Å². The molecule has 138 valence electrons. The van der Waals surface area contributed by atoms with Gasteiger partial charge in [-0.25, -0.2) is 23.4 Å². The average molecular weight is 481 g/mol. The fourth-order valence-corrected chi connectivity index (χ4v) is 3.85. The van der Waals surface area contributed by atoms with Gasteiger partial charge in [0.05, 0.1) is 23.3 Å². The number of fused-ring (bicyclic) bond motifs is 1. The van der Waals surface area contributed by atoms with Crippen molar-refractivity contribution >= 4 is 39.4 Å². The molecule has 7 nitrogen and oxygen atoms in total. The standard InChI is InChI=1S/C17H14F2IN7/c1-2-14(26-6-12(20)15-16(21)22-8-23-17(15)26)13-7-27(25-24-13)9-3-4-10(18)11(19)5-9/h3-8,14H,2H2,1H3,(H2,21,22,23). The summed E-state index contributed by atoms with van der Waals surface area (Å²) >= 11 is 2.20. The SMILES string of the molecule is CCC(c1cn(-c2ccc(F)c(F)c2)nn1)n1cc(I)c2c(N)ncnc21. The van der Waals surface area contributed by atoms with Crippen LogP contribution in [0.4, 0.5) is 14.6 Å². The normalized spacial score (nSPS) is 12.6. The van der Waals surface area contributed by atoms with Crippen molar-refractivity contribution in [2.45, 2.75) is 19.4 Å². The van der Waals surface area contributed by atoms with E-state index in [-0.39, 0.29) is 6.04 Å². The summed E-state index contributed by atoms with van der Waals surface area (Å²) in [5.41, 5.74) is 7.76. The maximum atomic E-state index is 13.5. The molecule has 1 aromatic carbocycles. The number of aromatic nitrogens is 6. The largest absolute Gasteiger partial charge is 0.383 e. The second kappa shape index (κ2) is 6.83. The van der Waals surface area contributed by atoms with Gasteiger partial charge < -0.3 is 10.3 Å². The lowest BCUT2D eigenvalue weighted by molar-refractivity contribution is 0.507. The Morgan fingerprint density at radius 3 is 2.74 bits per heavy atom. The van der Waals surface area contributed by atoms with E-state index in [2.05, 4.69) is 42.9 Å². The second-order valence-electron chi connectivity index (χ2n) is 5.95. The minimum atomic E-state index is -0.935. The molecule has 0 spiro atoms. The summed E-state index contributed by atoms with van der Waals surface area (Å²) in [6.07, 6.45) is 5.79. The Bertz CT molecular complexity index is 1140. The number of benzene rings is 1. The summed E-state index contributed by atoms with van der Waals surface area (Å²) in [6.45, 7) is 2.02. The number of nitrogens with zero attached hydrogens (tertiary/aromatic N) is 6. The summed E-state index contributed by atoms with van der Waals surface area (Å²) in [5.74, 6) is -1.42. The zero-order chi connectivity index (χ0) is 19.1. The Kier molecular flexibility index (Phi) is 4.50. The van der Waals surface area contributed by atoms with Gasteiger partial charge in [0, 0.05) is 15.8 Å². The third-order valence-corrected chi connectivity index (χ3v) is 5.15. The van der Waals surface area contributed by atoms with Gasteiger partial charge in [0.2, 0.25) is 0 Å². The molecule has 3 aromatic heterocycles. The molecule has 10 heteroatoms. The highest BCUT2D eigenvalue weighted by Gasteiger charge is 2.21. The first-order valence-electron chi connectivity index (χ1n) is 8.13. The molecule has 0 aliphatic heterocycles. The van der Waals surface area contributed by atoms with Crippen LogP contribution in [0.15, 0.2) is 36.9 Å². The van der Waals surface area contributed by atoms with Crippen LogP contribution in [0.25, 0.3) is 16.7 Å². The Balaban J connectivity index is 1.78. The number of nitrogens with two attached hydrogens (primary N) is 1. The minimum absolute atomic E-state index is 0.149. The molecule has 1 unspecified atom stereocenters. The highest BCUT2D eigenvalue weighted by Crippen LogP contribution is 2.31. The molecule has 2 N–H and O–H groups in total. The van der Waals surface area contributed by atoms with Crippen LogP contribution in [0, 0.1) is 15.2 Å². The van der Waals surface area contributed by atoms with Gasteiger partial charge in [-0.05, 0) is 41.1 Å². The summed E-state index contributed by atoms with van der Waals surface area (Å²) in [4.78, 5) is 8.41. The van der Waals surface area contributed by atoms with Crippen LogP contribution in [-0.2, 0) is 0 Å². The molecule has 0 bridgehead atoms. The van der Waals surface area contributed by atoms with Gasteiger partial charge in [0.15, 0.2) is 11.6 Å². The molecule has 0 aliphatic rings. The lowest BCUT2D eigenvalue weighted by Gasteiger charge is -2.15. The van der Waals surface area contributed by atoms with Gasteiger partial charge in [0.25, 0.3) is 0 Å². The predicted octanol–water partition coefficient (Wildman–Crippen LogP) is 3.48. The Hall–Kier alpha value is -2.63. The van der Waals surface area contributed by atoms with E-state index < -0.39 is 11.6 Å². The molecule has 27 heavy (non-hydrogen) atoms. The van der Waals surface area contributed by atoms with Crippen LogP contribution < -0.4 is 5.73 Å². The number of anilines is 1. The summed E-state index contributed by atoms with van der Waals surface area (Å²) in [5, 5.41) is 9.09. The molecule has 1 atom stereocenters. The average Bonchev–Trinajstić information content (AvgIpc) is 3.25. The molecule has 4 aromatic rings. The highest BCUT2D eigenvalue weighted by atomic mass is 127. The Morgan fingerprint density at radius 2 is 2.00 bits per heavy atom. The van der Waals surface area contributed by atoms with E-state index in [1.54, 1.807) is 6.20 Å². The molecule has 3 heterocycles. The first-order chi connectivity index (χ1) is 13.0. The summed E-state index contributed by atoms with van der Waals surface area (Å²) < 4.78 is 31.0. The number of hydrogen-bond donors (Lipinski definition) is 1. The van der Waals surface area contributed by atoms with E-state index in [0.717, 1.165) is 27.5 Å². The zero-order valence-electron chi connectivity index (χ0n) is 14.1. The van der Waals surface area contributed by atoms with Crippen LogP contribution in [-0.4, -0.2) is 29.5 Å². The molecule has 0 saturated carbocycles. The third kappa shape index (κ3) is 3.03. The van der Waals surface area contributed by atoms with Crippen molar-refractivity contribution in [1.82, 2.24) is 29.5 Å². The topological polar surface area (TPSA) is 87.4 Å².